The van der Waals surface area contributed by atoms with E-state index in [0.717, 1.165) is 17.7 Å². The molecule has 1 aliphatic rings. The minimum Gasteiger partial charge on any atom is -0.435 e. The van der Waals surface area contributed by atoms with Crippen molar-refractivity contribution in [2.75, 3.05) is 17.3 Å². The molecule has 1 aliphatic heterocycles. The SMILES string of the molecule is CC(Sc1nnc(-c2ccc(OC(F)F)cc2)n1N)C(=O)N1CCc2ccccc21. The topological polar surface area (TPSA) is 86.3 Å². The Kier molecular flexibility index (Phi) is 5.58. The van der Waals surface area contributed by atoms with Gasteiger partial charge in [0.2, 0.25) is 11.1 Å². The van der Waals surface area contributed by atoms with E-state index in [1.807, 2.05) is 24.3 Å². The van der Waals surface area contributed by atoms with Crippen LogP contribution in [-0.2, 0) is 11.2 Å². The van der Waals surface area contributed by atoms with Crippen molar-refractivity contribution in [3.05, 3.63) is 54.1 Å². The first-order valence-corrected chi connectivity index (χ1v) is 10.1. The molecule has 156 valence electrons. The summed E-state index contributed by atoms with van der Waals surface area (Å²) in [6.45, 7) is -0.436. The number of para-hydroxylation sites is 1. The van der Waals surface area contributed by atoms with Crippen molar-refractivity contribution in [3.63, 3.8) is 0 Å². The van der Waals surface area contributed by atoms with E-state index >= 15 is 0 Å². The van der Waals surface area contributed by atoms with Crippen LogP contribution in [0, 0.1) is 0 Å². The molecule has 2 aromatic carbocycles. The van der Waals surface area contributed by atoms with Gasteiger partial charge >= 0.3 is 6.61 Å². The largest absolute Gasteiger partial charge is 0.435 e. The van der Waals surface area contributed by atoms with Crippen LogP contribution in [0.4, 0.5) is 14.5 Å². The van der Waals surface area contributed by atoms with Gasteiger partial charge < -0.3 is 15.5 Å². The number of nitrogen functional groups attached to an aromatic ring is 1. The van der Waals surface area contributed by atoms with Crippen LogP contribution in [-0.4, -0.2) is 39.2 Å². The summed E-state index contributed by atoms with van der Waals surface area (Å²) < 4.78 is 30.2. The summed E-state index contributed by atoms with van der Waals surface area (Å²) in [4.78, 5) is 14.7. The molecule has 0 aliphatic carbocycles. The number of aromatic nitrogens is 3. The lowest BCUT2D eigenvalue weighted by Gasteiger charge is -2.21. The van der Waals surface area contributed by atoms with Gasteiger partial charge in [-0.15, -0.1) is 10.2 Å². The van der Waals surface area contributed by atoms with Gasteiger partial charge in [0.05, 0.1) is 5.25 Å². The Hall–Kier alpha value is -3.14. The zero-order valence-corrected chi connectivity index (χ0v) is 16.9. The van der Waals surface area contributed by atoms with Crippen LogP contribution < -0.4 is 15.5 Å². The fourth-order valence-electron chi connectivity index (χ4n) is 3.33. The van der Waals surface area contributed by atoms with Crippen LogP contribution in [0.5, 0.6) is 5.75 Å². The molecule has 1 unspecified atom stereocenters. The van der Waals surface area contributed by atoms with Crippen LogP contribution in [0.2, 0.25) is 0 Å². The van der Waals surface area contributed by atoms with E-state index < -0.39 is 11.9 Å². The first kappa shape index (κ1) is 20.1. The van der Waals surface area contributed by atoms with Gasteiger partial charge in [-0.05, 0) is 49.2 Å². The van der Waals surface area contributed by atoms with Gasteiger partial charge in [0.1, 0.15) is 5.75 Å². The van der Waals surface area contributed by atoms with Gasteiger partial charge in [0.15, 0.2) is 5.82 Å². The van der Waals surface area contributed by atoms with Crippen LogP contribution in [0.25, 0.3) is 11.4 Å². The summed E-state index contributed by atoms with van der Waals surface area (Å²) in [5, 5.41) is 8.12. The van der Waals surface area contributed by atoms with Crippen molar-refractivity contribution in [3.8, 4) is 17.1 Å². The van der Waals surface area contributed by atoms with Crippen LogP contribution >= 0.6 is 11.8 Å². The molecule has 7 nitrogen and oxygen atoms in total. The van der Waals surface area contributed by atoms with Crippen molar-refractivity contribution >= 4 is 23.4 Å². The third-order valence-electron chi connectivity index (χ3n) is 4.79. The number of carbonyl (C=O) groups is 1. The van der Waals surface area contributed by atoms with E-state index in [1.165, 1.54) is 28.6 Å². The zero-order valence-electron chi connectivity index (χ0n) is 16.0. The lowest BCUT2D eigenvalue weighted by molar-refractivity contribution is -0.117. The molecule has 10 heteroatoms. The van der Waals surface area contributed by atoms with Crippen molar-refractivity contribution in [1.82, 2.24) is 14.9 Å². The van der Waals surface area contributed by atoms with E-state index in [1.54, 1.807) is 24.0 Å². The number of thioether (sulfide) groups is 1. The normalized spacial score (nSPS) is 14.1. The standard InChI is InChI=1S/C20H19F2N5O2S/c1-12(18(28)26-11-10-13-4-2-3-5-16(13)26)30-20-25-24-17(27(20)23)14-6-8-15(9-7-14)29-19(21)22/h2-9,12,19H,10-11,23H2,1H3. The Morgan fingerprint density at radius 2 is 1.90 bits per heavy atom. The molecule has 0 fully saturated rings. The molecule has 1 aromatic heterocycles. The molecule has 1 amide bonds. The Labute approximate surface area is 175 Å². The maximum Gasteiger partial charge on any atom is 0.387 e. The number of halogens is 2. The third kappa shape index (κ3) is 3.95. The summed E-state index contributed by atoms with van der Waals surface area (Å²) in [5.74, 6) is 6.49. The number of benzene rings is 2. The van der Waals surface area contributed by atoms with Gasteiger partial charge in [0, 0.05) is 17.8 Å². The number of anilines is 1. The summed E-state index contributed by atoms with van der Waals surface area (Å²) in [7, 11) is 0. The average molecular weight is 431 g/mol. The van der Waals surface area contributed by atoms with Crippen molar-refractivity contribution in [2.24, 2.45) is 0 Å². The van der Waals surface area contributed by atoms with E-state index in [2.05, 4.69) is 14.9 Å². The quantitative estimate of drug-likeness (QED) is 0.476. The highest BCUT2D eigenvalue weighted by atomic mass is 32.2. The minimum absolute atomic E-state index is 0.0250. The van der Waals surface area contributed by atoms with Crippen LogP contribution in [0.15, 0.2) is 53.7 Å². The Bertz CT molecular complexity index is 1060. The Morgan fingerprint density at radius 3 is 2.63 bits per heavy atom. The van der Waals surface area contributed by atoms with E-state index in [-0.39, 0.29) is 11.7 Å². The number of hydrogen-bond acceptors (Lipinski definition) is 6. The molecule has 4 rings (SSSR count). The highest BCUT2D eigenvalue weighted by Gasteiger charge is 2.29. The molecular formula is C20H19F2N5O2S. The van der Waals surface area contributed by atoms with Crippen molar-refractivity contribution < 1.29 is 18.3 Å². The lowest BCUT2D eigenvalue weighted by Crippen LogP contribution is -2.35. The Balaban J connectivity index is 1.47. The number of amides is 1. The van der Waals surface area contributed by atoms with Crippen molar-refractivity contribution in [2.45, 2.75) is 30.4 Å². The van der Waals surface area contributed by atoms with E-state index in [9.17, 15) is 13.6 Å². The highest BCUT2D eigenvalue weighted by Crippen LogP contribution is 2.32. The molecule has 0 saturated heterocycles. The number of nitrogens with zero attached hydrogens (tertiary/aromatic N) is 4. The van der Waals surface area contributed by atoms with Crippen LogP contribution in [0.3, 0.4) is 0 Å². The van der Waals surface area contributed by atoms with Gasteiger partial charge in [0.25, 0.3) is 0 Å². The maximum atomic E-state index is 13.0. The molecule has 3 aromatic rings. The molecule has 30 heavy (non-hydrogen) atoms. The predicted molar refractivity (Wildman–Crippen MR) is 110 cm³/mol. The first-order chi connectivity index (χ1) is 14.4. The fourth-order valence-corrected chi connectivity index (χ4v) is 4.17. The molecule has 0 saturated carbocycles. The van der Waals surface area contributed by atoms with Gasteiger partial charge in [-0.2, -0.15) is 8.78 Å². The second kappa shape index (κ2) is 8.31. The third-order valence-corrected chi connectivity index (χ3v) is 5.83. The molecule has 1 atom stereocenters. The molecular weight excluding hydrogens is 412 g/mol. The number of ether oxygens (including phenoxy) is 1. The van der Waals surface area contributed by atoms with Crippen molar-refractivity contribution in [1.29, 1.82) is 0 Å². The summed E-state index contributed by atoms with van der Waals surface area (Å²) >= 11 is 1.22. The molecule has 2 heterocycles. The fraction of sp³-hybridized carbons (Fsp3) is 0.250. The predicted octanol–water partition coefficient (Wildman–Crippen LogP) is 3.33. The zero-order chi connectivity index (χ0) is 21.3. The van der Waals surface area contributed by atoms with Gasteiger partial charge in [-0.25, -0.2) is 4.68 Å². The summed E-state index contributed by atoms with van der Waals surface area (Å²) in [5.41, 5.74) is 2.69. The number of nitrogens with two attached hydrogens (primary N) is 1. The second-order valence-corrected chi connectivity index (χ2v) is 8.02. The van der Waals surface area contributed by atoms with Gasteiger partial charge in [-0.3, -0.25) is 4.79 Å². The lowest BCUT2D eigenvalue weighted by atomic mass is 10.2. The molecule has 2 N–H and O–H groups in total. The monoisotopic (exact) mass is 431 g/mol. The second-order valence-electron chi connectivity index (χ2n) is 6.71. The number of rotatable bonds is 6. The number of alkyl halides is 2. The molecule has 0 bridgehead atoms. The Morgan fingerprint density at radius 1 is 1.17 bits per heavy atom. The number of carbonyl (C=O) groups excluding carboxylic acids is 1. The molecule has 0 spiro atoms. The van der Waals surface area contributed by atoms with Gasteiger partial charge in [-0.1, -0.05) is 30.0 Å². The smallest absolute Gasteiger partial charge is 0.387 e. The number of hydrogen-bond donors (Lipinski definition) is 1. The minimum atomic E-state index is -2.89. The summed E-state index contributed by atoms with van der Waals surface area (Å²) in [6.07, 6.45) is 0.835. The van der Waals surface area contributed by atoms with Crippen LogP contribution in [0.1, 0.15) is 12.5 Å². The molecule has 0 radical (unpaired) electrons. The average Bonchev–Trinajstić information content (AvgIpc) is 3.32. The maximum absolute atomic E-state index is 13.0. The number of fused-ring (bicyclic) bond motifs is 1. The van der Waals surface area contributed by atoms with E-state index in [0.29, 0.717) is 23.1 Å². The highest BCUT2D eigenvalue weighted by molar-refractivity contribution is 8.00. The summed E-state index contributed by atoms with van der Waals surface area (Å²) in [6, 6.07) is 13.8. The first-order valence-electron chi connectivity index (χ1n) is 9.25. The van der Waals surface area contributed by atoms with E-state index in [4.69, 9.17) is 5.84 Å².